The van der Waals surface area contributed by atoms with Crippen molar-refractivity contribution >= 4 is 0 Å². The van der Waals surface area contributed by atoms with Gasteiger partial charge in [0.1, 0.15) is 11.9 Å². The van der Waals surface area contributed by atoms with Gasteiger partial charge in [-0.2, -0.15) is 0 Å². The monoisotopic (exact) mass is 487 g/mol. The van der Waals surface area contributed by atoms with Gasteiger partial charge in [0.2, 0.25) is 0 Å². The lowest BCUT2D eigenvalue weighted by molar-refractivity contribution is -0.710. The summed E-state index contributed by atoms with van der Waals surface area (Å²) in [5, 5.41) is 0. The van der Waals surface area contributed by atoms with Gasteiger partial charge in [-0.3, -0.25) is 0 Å². The van der Waals surface area contributed by atoms with Gasteiger partial charge in [-0.15, -0.1) is 0 Å². The second-order valence-electron chi connectivity index (χ2n) is 10.7. The van der Waals surface area contributed by atoms with Gasteiger partial charge in [-0.25, -0.2) is 9.13 Å². The zero-order valence-corrected chi connectivity index (χ0v) is 23.4. The Kier molecular flexibility index (Phi) is 12.9. The third-order valence-corrected chi connectivity index (χ3v) is 7.62. The SMILES string of the molecule is CCCCCCCCCn1cc(CC(C)c2ccccc2)[n+](CCCCCC)c1Cc1ccccc1. The van der Waals surface area contributed by atoms with Crippen molar-refractivity contribution in [3.63, 3.8) is 0 Å². The van der Waals surface area contributed by atoms with Crippen LogP contribution in [0.25, 0.3) is 0 Å². The summed E-state index contributed by atoms with van der Waals surface area (Å²) in [7, 11) is 0. The summed E-state index contributed by atoms with van der Waals surface area (Å²) in [5.74, 6) is 2.02. The first-order valence-electron chi connectivity index (χ1n) is 14.9. The Morgan fingerprint density at radius 2 is 1.28 bits per heavy atom. The largest absolute Gasteiger partial charge is 0.261 e. The molecule has 3 rings (SSSR count). The molecule has 3 aromatic rings. The third kappa shape index (κ3) is 9.26. The molecule has 0 bridgehead atoms. The Morgan fingerprint density at radius 1 is 0.694 bits per heavy atom. The van der Waals surface area contributed by atoms with Gasteiger partial charge in [0, 0.05) is 6.42 Å². The Morgan fingerprint density at radius 3 is 1.94 bits per heavy atom. The van der Waals surface area contributed by atoms with E-state index in [9.17, 15) is 0 Å². The fourth-order valence-electron chi connectivity index (χ4n) is 5.40. The highest BCUT2D eigenvalue weighted by Crippen LogP contribution is 2.21. The lowest BCUT2D eigenvalue weighted by Gasteiger charge is -2.12. The van der Waals surface area contributed by atoms with Crippen LogP contribution in [0.15, 0.2) is 66.9 Å². The first-order valence-corrected chi connectivity index (χ1v) is 14.9. The highest BCUT2D eigenvalue weighted by Gasteiger charge is 2.25. The topological polar surface area (TPSA) is 8.81 Å². The molecule has 2 aromatic carbocycles. The van der Waals surface area contributed by atoms with E-state index in [0.29, 0.717) is 5.92 Å². The van der Waals surface area contributed by atoms with Crippen LogP contribution < -0.4 is 4.57 Å². The highest BCUT2D eigenvalue weighted by molar-refractivity contribution is 5.21. The van der Waals surface area contributed by atoms with Gasteiger partial charge in [-0.05, 0) is 42.7 Å². The molecule has 0 fully saturated rings. The van der Waals surface area contributed by atoms with Crippen molar-refractivity contribution in [3.05, 3.63) is 89.5 Å². The van der Waals surface area contributed by atoms with E-state index in [4.69, 9.17) is 0 Å². The minimum Gasteiger partial charge on any atom is -0.234 e. The molecule has 36 heavy (non-hydrogen) atoms. The van der Waals surface area contributed by atoms with Crippen LogP contribution >= 0.6 is 0 Å². The summed E-state index contributed by atoms with van der Waals surface area (Å²) in [6.45, 7) is 9.28. The third-order valence-electron chi connectivity index (χ3n) is 7.62. The van der Waals surface area contributed by atoms with Crippen LogP contribution in [0.5, 0.6) is 0 Å². The van der Waals surface area contributed by atoms with Crippen molar-refractivity contribution in [2.24, 2.45) is 0 Å². The Labute approximate surface area is 221 Å². The van der Waals surface area contributed by atoms with Crippen LogP contribution in [-0.4, -0.2) is 4.57 Å². The zero-order valence-electron chi connectivity index (χ0n) is 23.4. The number of hydrogen-bond donors (Lipinski definition) is 0. The molecule has 0 spiro atoms. The number of unbranched alkanes of at least 4 members (excludes halogenated alkanes) is 9. The minimum atomic E-state index is 0.520. The van der Waals surface area contributed by atoms with Crippen LogP contribution in [0.4, 0.5) is 0 Å². The number of benzene rings is 2. The Balaban J connectivity index is 1.81. The van der Waals surface area contributed by atoms with Gasteiger partial charge in [0.05, 0.1) is 19.5 Å². The first-order chi connectivity index (χ1) is 17.7. The maximum atomic E-state index is 2.70. The van der Waals surface area contributed by atoms with E-state index in [1.807, 2.05) is 0 Å². The molecule has 0 saturated heterocycles. The minimum absolute atomic E-state index is 0.520. The second-order valence-corrected chi connectivity index (χ2v) is 10.7. The molecule has 2 heteroatoms. The van der Waals surface area contributed by atoms with E-state index in [2.05, 4.69) is 96.8 Å². The second kappa shape index (κ2) is 16.4. The standard InChI is InChI=1S/C34H51N2/c1-4-6-8-10-11-12-19-25-35-29-33(27-30(3)32-23-17-14-18-24-32)36(26-20-9-7-5-2)34(35)28-31-21-15-13-16-22-31/h13-18,21-24,29-30H,4-12,19-20,25-28H2,1-3H3/q+1. The van der Waals surface area contributed by atoms with Crippen LogP contribution in [0.2, 0.25) is 0 Å². The molecule has 1 atom stereocenters. The van der Waals surface area contributed by atoms with Gasteiger partial charge in [-0.1, -0.05) is 126 Å². The smallest absolute Gasteiger partial charge is 0.234 e. The first kappa shape index (κ1) is 28.2. The molecule has 2 nitrogen and oxygen atoms in total. The molecule has 0 aliphatic heterocycles. The number of aromatic nitrogens is 2. The average Bonchev–Trinajstić information content (AvgIpc) is 3.22. The van der Waals surface area contributed by atoms with Crippen molar-refractivity contribution in [1.82, 2.24) is 4.57 Å². The summed E-state index contributed by atoms with van der Waals surface area (Å²) in [4.78, 5) is 0. The molecule has 0 N–H and O–H groups in total. The summed E-state index contributed by atoms with van der Waals surface area (Å²) in [6, 6.07) is 22.1. The molecule has 0 saturated carbocycles. The maximum Gasteiger partial charge on any atom is 0.261 e. The normalized spacial score (nSPS) is 12.2. The molecule has 0 amide bonds. The summed E-state index contributed by atoms with van der Waals surface area (Å²) in [5.41, 5.74) is 4.37. The van der Waals surface area contributed by atoms with Gasteiger partial charge >= 0.3 is 0 Å². The molecule has 196 valence electrons. The average molecular weight is 488 g/mol. The summed E-state index contributed by atoms with van der Waals surface area (Å²) >= 11 is 0. The van der Waals surface area contributed by atoms with Crippen molar-refractivity contribution in [2.75, 3.05) is 0 Å². The van der Waals surface area contributed by atoms with Crippen molar-refractivity contribution in [3.8, 4) is 0 Å². The lowest BCUT2D eigenvalue weighted by atomic mass is 9.96. The number of imidazole rings is 1. The van der Waals surface area contributed by atoms with E-state index < -0.39 is 0 Å². The maximum absolute atomic E-state index is 2.70. The van der Waals surface area contributed by atoms with Crippen LogP contribution in [0.3, 0.4) is 0 Å². The molecule has 0 radical (unpaired) electrons. The number of nitrogens with zero attached hydrogens (tertiary/aromatic N) is 2. The predicted molar refractivity (Wildman–Crippen MR) is 155 cm³/mol. The molecule has 1 unspecified atom stereocenters. The van der Waals surface area contributed by atoms with Crippen molar-refractivity contribution in [2.45, 2.75) is 123 Å². The molecule has 1 aromatic heterocycles. The van der Waals surface area contributed by atoms with Crippen LogP contribution in [0.1, 0.15) is 120 Å². The van der Waals surface area contributed by atoms with Crippen molar-refractivity contribution < 1.29 is 4.57 Å². The number of hydrogen-bond acceptors (Lipinski definition) is 0. The Hall–Kier alpha value is -2.35. The molecular formula is C34H51N2+. The predicted octanol–water partition coefficient (Wildman–Crippen LogP) is 9.04. The van der Waals surface area contributed by atoms with Gasteiger partial charge < -0.3 is 0 Å². The van der Waals surface area contributed by atoms with E-state index in [-0.39, 0.29) is 0 Å². The molecule has 0 aliphatic rings. The van der Waals surface area contributed by atoms with E-state index >= 15 is 0 Å². The quantitative estimate of drug-likeness (QED) is 0.125. The fourth-order valence-corrected chi connectivity index (χ4v) is 5.40. The van der Waals surface area contributed by atoms with Gasteiger partial charge in [0.15, 0.2) is 0 Å². The van der Waals surface area contributed by atoms with Crippen molar-refractivity contribution in [1.29, 1.82) is 0 Å². The number of rotatable bonds is 18. The lowest BCUT2D eigenvalue weighted by Crippen LogP contribution is -2.41. The summed E-state index contributed by atoms with van der Waals surface area (Å²) < 4.78 is 5.31. The molecule has 1 heterocycles. The van der Waals surface area contributed by atoms with E-state index in [0.717, 1.165) is 25.9 Å². The Bertz CT molecular complexity index is 958. The van der Waals surface area contributed by atoms with Crippen LogP contribution in [-0.2, 0) is 25.9 Å². The van der Waals surface area contributed by atoms with E-state index in [1.165, 1.54) is 93.3 Å². The molecule has 0 aliphatic carbocycles. The molecular weight excluding hydrogens is 436 g/mol. The van der Waals surface area contributed by atoms with Crippen LogP contribution in [0, 0.1) is 0 Å². The number of aryl methyl sites for hydroxylation is 1. The zero-order chi connectivity index (χ0) is 25.4. The summed E-state index contributed by atoms with van der Waals surface area (Å²) in [6.07, 6.45) is 19.4. The van der Waals surface area contributed by atoms with Gasteiger partial charge in [0.25, 0.3) is 5.82 Å². The highest BCUT2D eigenvalue weighted by atomic mass is 15.2. The fraction of sp³-hybridized carbons (Fsp3) is 0.559. The van der Waals surface area contributed by atoms with E-state index in [1.54, 1.807) is 0 Å².